The van der Waals surface area contributed by atoms with Gasteiger partial charge in [0.1, 0.15) is 5.76 Å². The molecule has 1 aromatic heterocycles. The van der Waals surface area contributed by atoms with Gasteiger partial charge in [0.15, 0.2) is 0 Å². The van der Waals surface area contributed by atoms with Gasteiger partial charge in [-0.15, -0.1) is 0 Å². The van der Waals surface area contributed by atoms with Gasteiger partial charge < -0.3 is 9.73 Å². The quantitative estimate of drug-likeness (QED) is 0.864. The average molecular weight is 257 g/mol. The van der Waals surface area contributed by atoms with E-state index in [2.05, 4.69) is 5.32 Å². The fourth-order valence-electron chi connectivity index (χ4n) is 2.03. The second-order valence-corrected chi connectivity index (χ2v) is 4.74. The average Bonchev–Trinajstić information content (AvgIpc) is 2.90. The Morgan fingerprint density at radius 2 is 2.00 bits per heavy atom. The van der Waals surface area contributed by atoms with Crippen LogP contribution in [0.25, 0.3) is 0 Å². The molecule has 0 bridgehead atoms. The summed E-state index contributed by atoms with van der Waals surface area (Å²) in [6.07, 6.45) is 3.68. The van der Waals surface area contributed by atoms with Gasteiger partial charge in [0.25, 0.3) is 0 Å². The van der Waals surface area contributed by atoms with E-state index < -0.39 is 0 Å². The van der Waals surface area contributed by atoms with E-state index in [-0.39, 0.29) is 11.9 Å². The van der Waals surface area contributed by atoms with Crippen LogP contribution in [0.5, 0.6) is 0 Å². The summed E-state index contributed by atoms with van der Waals surface area (Å²) in [4.78, 5) is 11.8. The van der Waals surface area contributed by atoms with Crippen LogP contribution in [-0.2, 0) is 17.6 Å². The van der Waals surface area contributed by atoms with E-state index in [0.29, 0.717) is 6.42 Å². The molecular weight excluding hydrogens is 238 g/mol. The first-order chi connectivity index (χ1) is 9.24. The van der Waals surface area contributed by atoms with Crippen LogP contribution in [0.15, 0.2) is 53.1 Å². The van der Waals surface area contributed by atoms with E-state index in [1.165, 1.54) is 5.56 Å². The molecular formula is C16H19NO2. The first-order valence-corrected chi connectivity index (χ1v) is 6.59. The van der Waals surface area contributed by atoms with Gasteiger partial charge in [-0.1, -0.05) is 30.3 Å². The Kier molecular flexibility index (Phi) is 4.78. The highest BCUT2D eigenvalue weighted by Gasteiger charge is 2.09. The SMILES string of the molecule is CC(Cc1ccco1)NC(=O)CCc1ccccc1. The van der Waals surface area contributed by atoms with Gasteiger partial charge in [-0.25, -0.2) is 0 Å². The molecule has 0 saturated carbocycles. The summed E-state index contributed by atoms with van der Waals surface area (Å²) in [6, 6.07) is 13.9. The van der Waals surface area contributed by atoms with Crippen LogP contribution in [-0.4, -0.2) is 11.9 Å². The minimum Gasteiger partial charge on any atom is -0.469 e. The molecule has 0 spiro atoms. The second kappa shape index (κ2) is 6.78. The molecule has 1 amide bonds. The molecule has 3 nitrogen and oxygen atoms in total. The minimum absolute atomic E-state index is 0.0860. The fraction of sp³-hybridized carbons (Fsp3) is 0.312. The van der Waals surface area contributed by atoms with Crippen LogP contribution in [0.1, 0.15) is 24.7 Å². The Balaban J connectivity index is 1.72. The van der Waals surface area contributed by atoms with Crippen molar-refractivity contribution in [2.45, 2.75) is 32.2 Å². The number of aryl methyl sites for hydroxylation is 1. The first kappa shape index (κ1) is 13.4. The van der Waals surface area contributed by atoms with Crippen LogP contribution in [0.2, 0.25) is 0 Å². The maximum atomic E-state index is 11.8. The molecule has 1 N–H and O–H groups in total. The predicted octanol–water partition coefficient (Wildman–Crippen LogP) is 2.96. The van der Waals surface area contributed by atoms with Gasteiger partial charge in [-0.3, -0.25) is 4.79 Å². The Morgan fingerprint density at radius 3 is 2.68 bits per heavy atom. The Labute approximate surface area is 113 Å². The van der Waals surface area contributed by atoms with E-state index in [4.69, 9.17) is 4.42 Å². The highest BCUT2D eigenvalue weighted by molar-refractivity contribution is 5.76. The van der Waals surface area contributed by atoms with Crippen molar-refractivity contribution in [3.63, 3.8) is 0 Å². The number of furan rings is 1. The van der Waals surface area contributed by atoms with Crippen LogP contribution >= 0.6 is 0 Å². The molecule has 0 saturated heterocycles. The molecule has 1 unspecified atom stereocenters. The van der Waals surface area contributed by atoms with Gasteiger partial charge in [0.05, 0.1) is 6.26 Å². The van der Waals surface area contributed by atoms with Crippen molar-refractivity contribution >= 4 is 5.91 Å². The lowest BCUT2D eigenvalue weighted by atomic mass is 10.1. The Bertz CT molecular complexity index is 491. The Morgan fingerprint density at radius 1 is 1.21 bits per heavy atom. The molecule has 3 heteroatoms. The van der Waals surface area contributed by atoms with Crippen molar-refractivity contribution in [1.82, 2.24) is 5.32 Å². The molecule has 100 valence electrons. The smallest absolute Gasteiger partial charge is 0.220 e. The zero-order chi connectivity index (χ0) is 13.5. The fourth-order valence-corrected chi connectivity index (χ4v) is 2.03. The second-order valence-electron chi connectivity index (χ2n) is 4.74. The van der Waals surface area contributed by atoms with Gasteiger partial charge in [0, 0.05) is 18.9 Å². The molecule has 19 heavy (non-hydrogen) atoms. The number of nitrogens with one attached hydrogen (secondary N) is 1. The molecule has 0 radical (unpaired) electrons. The van der Waals surface area contributed by atoms with Gasteiger partial charge in [0.2, 0.25) is 5.91 Å². The summed E-state index contributed by atoms with van der Waals surface area (Å²) in [7, 11) is 0. The van der Waals surface area contributed by atoms with Crippen molar-refractivity contribution in [2.75, 3.05) is 0 Å². The first-order valence-electron chi connectivity index (χ1n) is 6.59. The molecule has 2 aromatic rings. The van der Waals surface area contributed by atoms with E-state index in [0.717, 1.165) is 18.6 Å². The Hall–Kier alpha value is -2.03. The topological polar surface area (TPSA) is 42.2 Å². The largest absolute Gasteiger partial charge is 0.469 e. The van der Waals surface area contributed by atoms with Crippen LogP contribution in [0, 0.1) is 0 Å². The van der Waals surface area contributed by atoms with Gasteiger partial charge in [-0.2, -0.15) is 0 Å². The van der Waals surface area contributed by atoms with E-state index in [1.807, 2.05) is 49.4 Å². The van der Waals surface area contributed by atoms with Crippen LogP contribution in [0.3, 0.4) is 0 Å². The van der Waals surface area contributed by atoms with Crippen LogP contribution < -0.4 is 5.32 Å². The summed E-state index contributed by atoms with van der Waals surface area (Å²) >= 11 is 0. The summed E-state index contributed by atoms with van der Waals surface area (Å²) < 4.78 is 5.26. The number of rotatable bonds is 6. The molecule has 0 aliphatic heterocycles. The number of hydrogen-bond acceptors (Lipinski definition) is 2. The summed E-state index contributed by atoms with van der Waals surface area (Å²) in [6.45, 7) is 1.99. The maximum Gasteiger partial charge on any atom is 0.220 e. The molecule has 2 rings (SSSR count). The van der Waals surface area contributed by atoms with Crippen molar-refractivity contribution in [3.05, 3.63) is 60.1 Å². The summed E-state index contributed by atoms with van der Waals surface area (Å²) in [5.74, 6) is 0.985. The van der Waals surface area contributed by atoms with Gasteiger partial charge in [-0.05, 0) is 31.0 Å². The molecule has 0 aliphatic rings. The number of benzene rings is 1. The number of amides is 1. The van der Waals surface area contributed by atoms with Crippen molar-refractivity contribution in [2.24, 2.45) is 0 Å². The third-order valence-electron chi connectivity index (χ3n) is 2.98. The lowest BCUT2D eigenvalue weighted by Crippen LogP contribution is -2.34. The number of carbonyl (C=O) groups excluding carboxylic acids is 1. The van der Waals surface area contributed by atoms with Crippen molar-refractivity contribution < 1.29 is 9.21 Å². The monoisotopic (exact) mass is 257 g/mol. The highest BCUT2D eigenvalue weighted by Crippen LogP contribution is 2.05. The predicted molar refractivity (Wildman–Crippen MR) is 74.8 cm³/mol. The van der Waals surface area contributed by atoms with Crippen molar-refractivity contribution in [1.29, 1.82) is 0 Å². The van der Waals surface area contributed by atoms with E-state index >= 15 is 0 Å². The minimum atomic E-state index is 0.0860. The molecule has 0 fully saturated rings. The van der Waals surface area contributed by atoms with Gasteiger partial charge >= 0.3 is 0 Å². The zero-order valence-electron chi connectivity index (χ0n) is 11.1. The molecule has 1 heterocycles. The van der Waals surface area contributed by atoms with E-state index in [9.17, 15) is 4.79 Å². The van der Waals surface area contributed by atoms with Crippen LogP contribution in [0.4, 0.5) is 0 Å². The molecule has 0 aliphatic carbocycles. The zero-order valence-corrected chi connectivity index (χ0v) is 11.1. The normalized spacial score (nSPS) is 12.1. The standard InChI is InChI=1S/C16H19NO2/c1-13(12-15-8-5-11-19-15)17-16(18)10-9-14-6-3-2-4-7-14/h2-8,11,13H,9-10,12H2,1H3,(H,17,18). The third-order valence-corrected chi connectivity index (χ3v) is 2.98. The molecule has 1 aromatic carbocycles. The lowest BCUT2D eigenvalue weighted by Gasteiger charge is -2.12. The maximum absolute atomic E-state index is 11.8. The third kappa shape index (κ3) is 4.62. The van der Waals surface area contributed by atoms with E-state index in [1.54, 1.807) is 6.26 Å². The number of carbonyl (C=O) groups is 1. The summed E-state index contributed by atoms with van der Waals surface area (Å²) in [5.41, 5.74) is 1.19. The molecule has 1 atom stereocenters. The lowest BCUT2D eigenvalue weighted by molar-refractivity contribution is -0.121. The number of hydrogen-bond donors (Lipinski definition) is 1. The highest BCUT2D eigenvalue weighted by atomic mass is 16.3. The summed E-state index contributed by atoms with van der Waals surface area (Å²) in [5, 5.41) is 2.99. The van der Waals surface area contributed by atoms with Crippen molar-refractivity contribution in [3.8, 4) is 0 Å².